The molecule has 6 nitrogen and oxygen atoms in total. The molecule has 0 saturated heterocycles. The van der Waals surface area contributed by atoms with Crippen LogP contribution in [0.4, 0.5) is 11.4 Å². The summed E-state index contributed by atoms with van der Waals surface area (Å²) in [5, 5.41) is 5.93. The molecule has 0 bridgehead atoms. The largest absolute Gasteiger partial charge is 0.456 e. The first-order valence-corrected chi connectivity index (χ1v) is 10.3. The van der Waals surface area contributed by atoms with Crippen molar-refractivity contribution in [3.8, 4) is 0 Å². The topological polar surface area (TPSA) is 84.5 Å². The zero-order valence-electron chi connectivity index (χ0n) is 16.2. The number of anilines is 2. The number of carbonyl (C=O) groups is 3. The summed E-state index contributed by atoms with van der Waals surface area (Å²) in [6, 6.07) is 10.9. The van der Waals surface area contributed by atoms with Crippen molar-refractivity contribution in [1.82, 2.24) is 0 Å². The van der Waals surface area contributed by atoms with Crippen LogP contribution < -0.4 is 10.6 Å². The van der Waals surface area contributed by atoms with Gasteiger partial charge in [-0.15, -0.1) is 0 Å². The number of hydrogen-bond donors (Lipinski definition) is 2. The Labute approximate surface area is 183 Å². The minimum Gasteiger partial charge on any atom is -0.456 e. The Bertz CT molecular complexity index is 918. The summed E-state index contributed by atoms with van der Waals surface area (Å²) >= 11 is 9.43. The van der Waals surface area contributed by atoms with E-state index in [1.54, 1.807) is 19.1 Å². The molecule has 0 aliphatic heterocycles. The van der Waals surface area contributed by atoms with Crippen molar-refractivity contribution in [1.29, 1.82) is 0 Å². The standard InChI is InChI=1S/C21H22BrClN2O4/c1-3-14-6-4-5-7-17(14)25-18(26)10-11-20(28)29-12-19(27)24-16-9-8-15(22)21(23)13(16)2/h4-9H,3,10-12H2,1-2H3,(H,24,27)(H,25,26). The highest BCUT2D eigenvalue weighted by molar-refractivity contribution is 9.10. The average molecular weight is 482 g/mol. The number of rotatable bonds is 8. The van der Waals surface area contributed by atoms with Gasteiger partial charge < -0.3 is 15.4 Å². The van der Waals surface area contributed by atoms with Crippen molar-refractivity contribution < 1.29 is 19.1 Å². The summed E-state index contributed by atoms with van der Waals surface area (Å²) in [4.78, 5) is 35.9. The molecule has 2 N–H and O–H groups in total. The van der Waals surface area contributed by atoms with Gasteiger partial charge in [0.15, 0.2) is 6.61 Å². The zero-order valence-corrected chi connectivity index (χ0v) is 18.5. The quantitative estimate of drug-likeness (QED) is 0.527. The molecular formula is C21H22BrClN2O4. The molecule has 2 amide bonds. The summed E-state index contributed by atoms with van der Waals surface area (Å²) in [6.07, 6.45) is 0.646. The number of nitrogens with one attached hydrogen (secondary N) is 2. The molecule has 154 valence electrons. The number of hydrogen-bond acceptors (Lipinski definition) is 4. The summed E-state index contributed by atoms with van der Waals surface area (Å²) in [5.41, 5.74) is 2.98. The highest BCUT2D eigenvalue weighted by Gasteiger charge is 2.13. The van der Waals surface area contributed by atoms with E-state index in [0.29, 0.717) is 16.3 Å². The first kappa shape index (κ1) is 22.9. The third-order valence-electron chi connectivity index (χ3n) is 4.21. The van der Waals surface area contributed by atoms with Crippen LogP contribution in [0, 0.1) is 6.92 Å². The van der Waals surface area contributed by atoms with Gasteiger partial charge in [-0.05, 0) is 58.6 Å². The van der Waals surface area contributed by atoms with E-state index in [1.165, 1.54) is 0 Å². The number of halogens is 2. The predicted molar refractivity (Wildman–Crippen MR) is 117 cm³/mol. The maximum Gasteiger partial charge on any atom is 0.306 e. The lowest BCUT2D eigenvalue weighted by Crippen LogP contribution is -2.22. The van der Waals surface area contributed by atoms with Gasteiger partial charge >= 0.3 is 5.97 Å². The number of aryl methyl sites for hydroxylation is 1. The lowest BCUT2D eigenvalue weighted by atomic mass is 10.1. The minimum absolute atomic E-state index is 0.0278. The molecule has 0 atom stereocenters. The molecule has 0 spiro atoms. The molecule has 0 aliphatic carbocycles. The molecule has 2 aromatic rings. The second kappa shape index (κ2) is 11.0. The van der Waals surface area contributed by atoms with Gasteiger partial charge in [0.1, 0.15) is 0 Å². The van der Waals surface area contributed by atoms with E-state index >= 15 is 0 Å². The van der Waals surface area contributed by atoms with Gasteiger partial charge in [-0.2, -0.15) is 0 Å². The molecule has 0 saturated carbocycles. The van der Waals surface area contributed by atoms with Crippen LogP contribution in [0.5, 0.6) is 0 Å². The van der Waals surface area contributed by atoms with Gasteiger partial charge in [0.05, 0.1) is 11.4 Å². The highest BCUT2D eigenvalue weighted by atomic mass is 79.9. The molecule has 0 unspecified atom stereocenters. The Morgan fingerprint density at radius 2 is 1.69 bits per heavy atom. The van der Waals surface area contributed by atoms with Gasteiger partial charge in [-0.25, -0.2) is 0 Å². The predicted octanol–water partition coefficient (Wildman–Crippen LogP) is 4.87. The fourth-order valence-electron chi connectivity index (χ4n) is 2.57. The number of benzene rings is 2. The minimum atomic E-state index is -0.621. The van der Waals surface area contributed by atoms with E-state index in [0.717, 1.165) is 22.1 Å². The summed E-state index contributed by atoms with van der Waals surface area (Å²) in [7, 11) is 0. The van der Waals surface area contributed by atoms with Crippen LogP contribution in [-0.2, 0) is 25.5 Å². The van der Waals surface area contributed by atoms with Crippen molar-refractivity contribution in [3.05, 3.63) is 57.0 Å². The van der Waals surface area contributed by atoms with Gasteiger partial charge in [0.25, 0.3) is 5.91 Å². The van der Waals surface area contributed by atoms with Crippen molar-refractivity contribution in [3.63, 3.8) is 0 Å². The molecule has 8 heteroatoms. The van der Waals surface area contributed by atoms with Crippen LogP contribution in [0.15, 0.2) is 40.9 Å². The lowest BCUT2D eigenvalue weighted by molar-refractivity contribution is -0.147. The van der Waals surface area contributed by atoms with Crippen molar-refractivity contribution in [2.24, 2.45) is 0 Å². The van der Waals surface area contributed by atoms with Crippen LogP contribution in [0.25, 0.3) is 0 Å². The Balaban J connectivity index is 1.76. The Hall–Kier alpha value is -2.38. The third-order valence-corrected chi connectivity index (χ3v) is 5.58. The van der Waals surface area contributed by atoms with E-state index in [1.807, 2.05) is 31.2 Å². The number of esters is 1. The number of amides is 2. The normalized spacial score (nSPS) is 10.3. The van der Waals surface area contributed by atoms with E-state index < -0.39 is 18.5 Å². The maximum atomic E-state index is 12.0. The Morgan fingerprint density at radius 3 is 2.41 bits per heavy atom. The molecule has 0 aliphatic rings. The van der Waals surface area contributed by atoms with Crippen LogP contribution in [-0.4, -0.2) is 24.4 Å². The second-order valence-corrected chi connectivity index (χ2v) is 7.53. The van der Waals surface area contributed by atoms with E-state index in [4.69, 9.17) is 16.3 Å². The molecule has 0 fully saturated rings. The smallest absolute Gasteiger partial charge is 0.306 e. The van der Waals surface area contributed by atoms with Gasteiger partial charge in [-0.3, -0.25) is 14.4 Å². The van der Waals surface area contributed by atoms with Crippen LogP contribution in [0.3, 0.4) is 0 Å². The molecule has 0 aromatic heterocycles. The number of ether oxygens (including phenoxy) is 1. The Morgan fingerprint density at radius 1 is 1.00 bits per heavy atom. The highest BCUT2D eigenvalue weighted by Crippen LogP contribution is 2.30. The second-order valence-electron chi connectivity index (χ2n) is 6.30. The SMILES string of the molecule is CCc1ccccc1NC(=O)CCC(=O)OCC(=O)Nc1ccc(Br)c(Cl)c1C. The van der Waals surface area contributed by atoms with E-state index in [-0.39, 0.29) is 18.7 Å². The molecule has 0 heterocycles. The summed E-state index contributed by atoms with van der Waals surface area (Å²) in [5.74, 6) is -1.39. The van der Waals surface area contributed by atoms with E-state index in [2.05, 4.69) is 26.6 Å². The molecule has 29 heavy (non-hydrogen) atoms. The fourth-order valence-corrected chi connectivity index (χ4v) is 3.17. The van der Waals surface area contributed by atoms with Crippen LogP contribution in [0.2, 0.25) is 5.02 Å². The monoisotopic (exact) mass is 480 g/mol. The molecule has 2 rings (SSSR count). The fraction of sp³-hybridized carbons (Fsp3) is 0.286. The van der Waals surface area contributed by atoms with Crippen molar-refractivity contribution in [2.45, 2.75) is 33.1 Å². The van der Waals surface area contributed by atoms with Crippen LogP contribution >= 0.6 is 27.5 Å². The van der Waals surface area contributed by atoms with Crippen molar-refractivity contribution in [2.75, 3.05) is 17.2 Å². The third kappa shape index (κ3) is 6.87. The van der Waals surface area contributed by atoms with Gasteiger partial charge in [0, 0.05) is 22.3 Å². The van der Waals surface area contributed by atoms with E-state index in [9.17, 15) is 14.4 Å². The Kier molecular flexibility index (Phi) is 8.67. The number of para-hydroxylation sites is 1. The summed E-state index contributed by atoms with van der Waals surface area (Å²) < 4.78 is 5.67. The van der Waals surface area contributed by atoms with Crippen molar-refractivity contribution >= 4 is 56.7 Å². The maximum absolute atomic E-state index is 12.0. The first-order valence-electron chi connectivity index (χ1n) is 9.09. The molecule has 0 radical (unpaired) electrons. The summed E-state index contributed by atoms with van der Waals surface area (Å²) in [6.45, 7) is 3.33. The van der Waals surface area contributed by atoms with Gasteiger partial charge in [-0.1, -0.05) is 36.7 Å². The van der Waals surface area contributed by atoms with Crippen LogP contribution in [0.1, 0.15) is 30.9 Å². The van der Waals surface area contributed by atoms with Gasteiger partial charge in [0.2, 0.25) is 5.91 Å². The average Bonchev–Trinajstić information content (AvgIpc) is 2.71. The first-order chi connectivity index (χ1) is 13.8. The zero-order chi connectivity index (χ0) is 21.4. The molecular weight excluding hydrogens is 460 g/mol. The molecule has 2 aromatic carbocycles. The lowest BCUT2D eigenvalue weighted by Gasteiger charge is -2.11. The number of carbonyl (C=O) groups excluding carboxylic acids is 3.